The van der Waals surface area contributed by atoms with Gasteiger partial charge in [0.05, 0.1) is 17.5 Å². The van der Waals surface area contributed by atoms with E-state index < -0.39 is 0 Å². The van der Waals surface area contributed by atoms with Crippen LogP contribution < -0.4 is 14.8 Å². The minimum Gasteiger partial charge on any atom is -0.493 e. The van der Waals surface area contributed by atoms with E-state index in [1.54, 1.807) is 18.4 Å². The van der Waals surface area contributed by atoms with Crippen molar-refractivity contribution in [1.82, 2.24) is 10.2 Å². The molecule has 0 radical (unpaired) electrons. The Morgan fingerprint density at radius 3 is 2.67 bits per heavy atom. The average molecular weight is 443 g/mol. The molecule has 3 aromatic rings. The first-order valence-corrected chi connectivity index (χ1v) is 11.5. The minimum absolute atomic E-state index is 0.152. The Bertz CT molecular complexity index is 939. The Kier molecular flexibility index (Phi) is 7.28. The van der Waals surface area contributed by atoms with Crippen molar-refractivity contribution in [2.75, 3.05) is 33.3 Å². The number of nitrogens with zero attached hydrogens (tertiary/aromatic N) is 1. The quantitative estimate of drug-likeness (QED) is 0.533. The van der Waals surface area contributed by atoms with Crippen molar-refractivity contribution in [1.29, 1.82) is 0 Å². The lowest BCUT2D eigenvalue weighted by Gasteiger charge is -2.30. The third kappa shape index (κ3) is 5.16. The summed E-state index contributed by atoms with van der Waals surface area (Å²) < 4.78 is 12.6. The van der Waals surface area contributed by atoms with Crippen molar-refractivity contribution in [3.63, 3.8) is 0 Å². The Balaban J connectivity index is 1.61. The van der Waals surface area contributed by atoms with E-state index in [9.17, 15) is 0 Å². The van der Waals surface area contributed by atoms with Crippen LogP contribution in [0.1, 0.15) is 28.5 Å². The molecular formula is C24H27ClN2O2S. The maximum atomic E-state index is 6.29. The van der Waals surface area contributed by atoms with Crippen LogP contribution in [0.3, 0.4) is 0 Å². The summed E-state index contributed by atoms with van der Waals surface area (Å²) in [6.07, 6.45) is 1.13. The average Bonchev–Trinajstić information content (AvgIpc) is 3.03. The monoisotopic (exact) mass is 442 g/mol. The van der Waals surface area contributed by atoms with Gasteiger partial charge in [-0.3, -0.25) is 4.90 Å². The summed E-state index contributed by atoms with van der Waals surface area (Å²) in [5, 5.41) is 3.50. The van der Waals surface area contributed by atoms with E-state index in [1.807, 2.05) is 30.3 Å². The Labute approximate surface area is 187 Å². The molecule has 1 atom stereocenters. The van der Waals surface area contributed by atoms with Crippen LogP contribution in [-0.4, -0.2) is 38.2 Å². The molecule has 0 aliphatic carbocycles. The summed E-state index contributed by atoms with van der Waals surface area (Å²) in [7, 11) is 1.70. The largest absolute Gasteiger partial charge is 0.493 e. The number of rotatable bonds is 7. The molecule has 1 N–H and O–H groups in total. The summed E-state index contributed by atoms with van der Waals surface area (Å²) in [5.74, 6) is 1.51. The normalized spacial score (nSPS) is 16.1. The lowest BCUT2D eigenvalue weighted by molar-refractivity contribution is 0.242. The first kappa shape index (κ1) is 21.2. The Morgan fingerprint density at radius 2 is 1.90 bits per heavy atom. The maximum absolute atomic E-state index is 6.29. The Hall–Kier alpha value is -2.05. The number of nitrogens with one attached hydrogen (secondary N) is 1. The van der Waals surface area contributed by atoms with Gasteiger partial charge in [0.1, 0.15) is 6.61 Å². The zero-order valence-corrected chi connectivity index (χ0v) is 18.7. The number of ether oxygens (including phenoxy) is 2. The van der Waals surface area contributed by atoms with Crippen LogP contribution in [0.15, 0.2) is 60.7 Å². The molecule has 1 aromatic heterocycles. The summed E-state index contributed by atoms with van der Waals surface area (Å²) in [6.45, 7) is 4.60. The summed E-state index contributed by atoms with van der Waals surface area (Å²) in [6, 6.07) is 20.7. The predicted molar refractivity (Wildman–Crippen MR) is 124 cm³/mol. The van der Waals surface area contributed by atoms with Crippen LogP contribution in [0.2, 0.25) is 4.34 Å². The van der Waals surface area contributed by atoms with Crippen LogP contribution in [0, 0.1) is 0 Å². The van der Waals surface area contributed by atoms with Gasteiger partial charge < -0.3 is 14.8 Å². The van der Waals surface area contributed by atoms with Gasteiger partial charge >= 0.3 is 0 Å². The fraction of sp³-hybridized carbons (Fsp3) is 0.333. The van der Waals surface area contributed by atoms with Crippen molar-refractivity contribution < 1.29 is 9.47 Å². The van der Waals surface area contributed by atoms with Crippen molar-refractivity contribution in [2.24, 2.45) is 0 Å². The minimum atomic E-state index is 0.152. The van der Waals surface area contributed by atoms with E-state index in [2.05, 4.69) is 40.5 Å². The van der Waals surface area contributed by atoms with E-state index in [4.69, 9.17) is 21.1 Å². The molecule has 0 saturated carbocycles. The van der Waals surface area contributed by atoms with Crippen molar-refractivity contribution in [3.05, 3.63) is 81.0 Å². The molecule has 1 fully saturated rings. The molecular weight excluding hydrogens is 416 g/mol. The highest BCUT2D eigenvalue weighted by Gasteiger charge is 2.25. The highest BCUT2D eigenvalue weighted by atomic mass is 35.5. The van der Waals surface area contributed by atoms with Gasteiger partial charge in [0, 0.05) is 24.5 Å². The van der Waals surface area contributed by atoms with Crippen LogP contribution in [0.5, 0.6) is 11.5 Å². The molecule has 2 heterocycles. The van der Waals surface area contributed by atoms with Crippen LogP contribution >= 0.6 is 22.9 Å². The molecule has 4 rings (SSSR count). The number of benzene rings is 2. The molecule has 2 aromatic carbocycles. The molecule has 1 aliphatic rings. The van der Waals surface area contributed by atoms with Crippen LogP contribution in [0.4, 0.5) is 0 Å². The standard InChI is InChI=1S/C24H27ClN2O2S/c1-28-21-16-19(8-9-20(21)29-17-18-6-3-2-4-7-18)24(22-10-11-23(25)30-22)27-14-5-12-26-13-15-27/h2-4,6-11,16,24,26H,5,12-15,17H2,1H3. The van der Waals surface area contributed by atoms with Crippen molar-refractivity contribution in [2.45, 2.75) is 19.1 Å². The molecule has 4 nitrogen and oxygen atoms in total. The van der Waals surface area contributed by atoms with Crippen molar-refractivity contribution in [3.8, 4) is 11.5 Å². The fourth-order valence-electron chi connectivity index (χ4n) is 3.86. The van der Waals surface area contributed by atoms with E-state index in [-0.39, 0.29) is 6.04 Å². The van der Waals surface area contributed by atoms with Gasteiger partial charge in [0.25, 0.3) is 0 Å². The van der Waals surface area contributed by atoms with Crippen molar-refractivity contribution >= 4 is 22.9 Å². The highest BCUT2D eigenvalue weighted by Crippen LogP contribution is 2.39. The fourth-order valence-corrected chi connectivity index (χ4v) is 5.09. The van der Waals surface area contributed by atoms with Gasteiger partial charge in [-0.1, -0.05) is 48.0 Å². The Morgan fingerprint density at radius 1 is 1.03 bits per heavy atom. The third-order valence-corrected chi connectivity index (χ3v) is 6.63. The zero-order chi connectivity index (χ0) is 20.8. The molecule has 158 valence electrons. The number of thiophene rings is 1. The number of hydrogen-bond acceptors (Lipinski definition) is 5. The molecule has 1 aliphatic heterocycles. The third-order valence-electron chi connectivity index (χ3n) is 5.34. The lowest BCUT2D eigenvalue weighted by Crippen LogP contribution is -2.32. The first-order chi connectivity index (χ1) is 14.7. The van der Waals surface area contributed by atoms with Crippen LogP contribution in [-0.2, 0) is 6.61 Å². The topological polar surface area (TPSA) is 33.7 Å². The lowest BCUT2D eigenvalue weighted by atomic mass is 10.0. The van der Waals surface area contributed by atoms with Gasteiger partial charge in [-0.2, -0.15) is 0 Å². The van der Waals surface area contributed by atoms with Gasteiger partial charge in [-0.05, 0) is 48.4 Å². The highest BCUT2D eigenvalue weighted by molar-refractivity contribution is 7.16. The first-order valence-electron chi connectivity index (χ1n) is 10.3. The SMILES string of the molecule is COc1cc(C(c2ccc(Cl)s2)N2CCCNCC2)ccc1OCc1ccccc1. The molecule has 6 heteroatoms. The van der Waals surface area contributed by atoms with E-state index >= 15 is 0 Å². The number of methoxy groups -OCH3 is 1. The summed E-state index contributed by atoms with van der Waals surface area (Å²) >= 11 is 7.94. The van der Waals surface area contributed by atoms with E-state index in [0.717, 1.165) is 54.0 Å². The van der Waals surface area contributed by atoms with E-state index in [0.29, 0.717) is 6.61 Å². The molecule has 1 unspecified atom stereocenters. The zero-order valence-electron chi connectivity index (χ0n) is 17.1. The second-order valence-corrected chi connectivity index (χ2v) is 9.12. The van der Waals surface area contributed by atoms with E-state index in [1.165, 1.54) is 10.4 Å². The predicted octanol–water partition coefficient (Wildman–Crippen LogP) is 5.37. The molecule has 1 saturated heterocycles. The molecule has 0 spiro atoms. The molecule has 30 heavy (non-hydrogen) atoms. The smallest absolute Gasteiger partial charge is 0.161 e. The van der Waals surface area contributed by atoms with Gasteiger partial charge in [-0.25, -0.2) is 0 Å². The molecule has 0 bridgehead atoms. The molecule has 0 amide bonds. The summed E-state index contributed by atoms with van der Waals surface area (Å²) in [5.41, 5.74) is 2.33. The second kappa shape index (κ2) is 10.3. The van der Waals surface area contributed by atoms with Crippen LogP contribution in [0.25, 0.3) is 0 Å². The number of hydrogen-bond donors (Lipinski definition) is 1. The van der Waals surface area contributed by atoms with Gasteiger partial charge in [0.15, 0.2) is 11.5 Å². The number of halogens is 1. The summed E-state index contributed by atoms with van der Waals surface area (Å²) in [4.78, 5) is 3.78. The van der Waals surface area contributed by atoms with Gasteiger partial charge in [0.2, 0.25) is 0 Å². The maximum Gasteiger partial charge on any atom is 0.161 e. The second-order valence-electron chi connectivity index (χ2n) is 7.37. The van der Waals surface area contributed by atoms with Gasteiger partial charge in [-0.15, -0.1) is 11.3 Å².